The van der Waals surface area contributed by atoms with Crippen LogP contribution in [0.2, 0.25) is 0 Å². The van der Waals surface area contributed by atoms with E-state index in [-0.39, 0.29) is 5.56 Å². The van der Waals surface area contributed by atoms with Crippen LogP contribution in [0.25, 0.3) is 21.3 Å². The Morgan fingerprint density at radius 1 is 1.42 bits per heavy atom. The molecule has 2 heterocycles. The van der Waals surface area contributed by atoms with Gasteiger partial charge in [0.05, 0.1) is 11.1 Å². The third-order valence-electron chi connectivity index (χ3n) is 3.62. The van der Waals surface area contributed by atoms with Gasteiger partial charge in [-0.05, 0) is 12.5 Å². The zero-order valence-electron chi connectivity index (χ0n) is 13.3. The molecule has 0 radical (unpaired) electrons. The monoisotopic (exact) mass is 352 g/mol. The van der Waals surface area contributed by atoms with Crippen LogP contribution in [0.3, 0.4) is 0 Å². The first-order chi connectivity index (χ1) is 11.7. The average molecular weight is 352 g/mol. The Hall–Kier alpha value is -2.29. The van der Waals surface area contributed by atoms with E-state index in [9.17, 15) is 4.79 Å². The molecule has 0 bridgehead atoms. The minimum Gasteiger partial charge on any atom is -0.283 e. The highest BCUT2D eigenvalue weighted by Crippen LogP contribution is 2.32. The number of benzene rings is 1. The van der Waals surface area contributed by atoms with Gasteiger partial charge in [0.1, 0.15) is 4.83 Å². The number of aromatic nitrogens is 2. The number of aryl methyl sites for hydroxylation is 1. The number of hydrogen-bond acceptors (Lipinski definition) is 4. The van der Waals surface area contributed by atoms with Crippen molar-refractivity contribution in [2.75, 3.05) is 5.75 Å². The molecule has 0 saturated heterocycles. The third kappa shape index (κ3) is 3.03. The van der Waals surface area contributed by atoms with Crippen LogP contribution in [-0.4, -0.2) is 15.3 Å². The van der Waals surface area contributed by atoms with Crippen LogP contribution in [0.15, 0.2) is 52.3 Å². The number of nitrogens with zero attached hydrogens (tertiary/aromatic N) is 2. The molecule has 5 heteroatoms. The van der Waals surface area contributed by atoms with Crippen LogP contribution < -0.4 is 5.56 Å². The highest BCUT2D eigenvalue weighted by Gasteiger charge is 2.16. The fourth-order valence-corrected chi connectivity index (χ4v) is 4.13. The summed E-state index contributed by atoms with van der Waals surface area (Å²) in [6, 6.07) is 8.17. The van der Waals surface area contributed by atoms with Crippen molar-refractivity contribution in [2.24, 2.45) is 0 Å². The van der Waals surface area contributed by atoms with E-state index in [4.69, 9.17) is 6.42 Å². The van der Waals surface area contributed by atoms with E-state index in [2.05, 4.69) is 17.5 Å². The molecule has 120 valence electrons. The van der Waals surface area contributed by atoms with Gasteiger partial charge in [0.25, 0.3) is 5.56 Å². The number of hydrogen-bond donors (Lipinski definition) is 0. The van der Waals surface area contributed by atoms with Crippen molar-refractivity contribution in [2.45, 2.75) is 18.6 Å². The Labute approximate surface area is 149 Å². The summed E-state index contributed by atoms with van der Waals surface area (Å²) >= 11 is 2.88. The van der Waals surface area contributed by atoms with Crippen molar-refractivity contribution in [1.82, 2.24) is 9.55 Å². The fourth-order valence-electron chi connectivity index (χ4n) is 2.46. The van der Waals surface area contributed by atoms with Gasteiger partial charge in [-0.15, -0.1) is 24.3 Å². The predicted octanol–water partition coefficient (Wildman–Crippen LogP) is 4.34. The first kappa shape index (κ1) is 16.6. The van der Waals surface area contributed by atoms with Crippen molar-refractivity contribution in [3.05, 3.63) is 58.2 Å². The molecule has 0 aliphatic carbocycles. The summed E-state index contributed by atoms with van der Waals surface area (Å²) in [4.78, 5) is 18.4. The van der Waals surface area contributed by atoms with Gasteiger partial charge in [-0.2, -0.15) is 0 Å². The number of terminal acetylenes is 1. The van der Waals surface area contributed by atoms with Crippen molar-refractivity contribution in [3.8, 4) is 23.5 Å². The Kier molecular flexibility index (Phi) is 4.89. The van der Waals surface area contributed by atoms with Crippen LogP contribution in [-0.2, 0) is 6.54 Å². The maximum atomic E-state index is 13.0. The molecule has 0 aliphatic heterocycles. The molecule has 0 N–H and O–H groups in total. The number of allylic oxidation sites excluding steroid dienone is 1. The molecule has 3 nitrogen and oxygen atoms in total. The van der Waals surface area contributed by atoms with E-state index >= 15 is 0 Å². The van der Waals surface area contributed by atoms with Gasteiger partial charge in [-0.3, -0.25) is 9.36 Å². The average Bonchev–Trinajstić information content (AvgIpc) is 3.00. The number of rotatable bonds is 5. The van der Waals surface area contributed by atoms with Crippen LogP contribution >= 0.6 is 23.1 Å². The zero-order valence-corrected chi connectivity index (χ0v) is 14.9. The van der Waals surface area contributed by atoms with E-state index in [1.807, 2.05) is 36.6 Å². The maximum absolute atomic E-state index is 13.0. The van der Waals surface area contributed by atoms with Gasteiger partial charge in [-0.25, -0.2) is 4.98 Å². The SMILES string of the molecule is C#CCSc1nc2scc(-c3ccc(C)cc3)c2c(=O)n1CC=C. The summed E-state index contributed by atoms with van der Waals surface area (Å²) in [5.74, 6) is 3.05. The largest absolute Gasteiger partial charge is 0.283 e. The molecule has 24 heavy (non-hydrogen) atoms. The normalized spacial score (nSPS) is 10.7. The van der Waals surface area contributed by atoms with Crippen LogP contribution in [0.4, 0.5) is 0 Å². The Balaban J connectivity index is 2.23. The van der Waals surface area contributed by atoms with Gasteiger partial charge < -0.3 is 0 Å². The minimum absolute atomic E-state index is 0.0451. The molecule has 3 aromatic rings. The van der Waals surface area contributed by atoms with E-state index < -0.39 is 0 Å². The lowest BCUT2D eigenvalue weighted by Crippen LogP contribution is -2.22. The summed E-state index contributed by atoms with van der Waals surface area (Å²) in [7, 11) is 0. The van der Waals surface area contributed by atoms with Crippen LogP contribution in [0.1, 0.15) is 5.56 Å². The second-order valence-corrected chi connectivity index (χ2v) is 7.09. The standard InChI is InChI=1S/C19H16N2OS2/c1-4-10-21-18(22)16-15(14-8-6-13(3)7-9-14)12-24-17(16)20-19(21)23-11-5-2/h2,4,6-9,12H,1,10-11H2,3H3. The molecular formula is C19H16N2OS2. The van der Waals surface area contributed by atoms with E-state index in [1.165, 1.54) is 28.7 Å². The van der Waals surface area contributed by atoms with Crippen molar-refractivity contribution in [3.63, 3.8) is 0 Å². The second-order valence-electron chi connectivity index (χ2n) is 5.29. The fraction of sp³-hybridized carbons (Fsp3) is 0.158. The lowest BCUT2D eigenvalue weighted by Gasteiger charge is -2.09. The Bertz CT molecular complexity index is 991. The second kappa shape index (κ2) is 7.08. The van der Waals surface area contributed by atoms with Crippen molar-refractivity contribution in [1.29, 1.82) is 0 Å². The van der Waals surface area contributed by atoms with Gasteiger partial charge in [0.2, 0.25) is 0 Å². The summed E-state index contributed by atoms with van der Waals surface area (Å²) in [6.45, 7) is 6.20. The van der Waals surface area contributed by atoms with Crippen LogP contribution in [0, 0.1) is 19.3 Å². The molecular weight excluding hydrogens is 336 g/mol. The minimum atomic E-state index is -0.0451. The third-order valence-corrected chi connectivity index (χ3v) is 5.37. The van der Waals surface area contributed by atoms with Gasteiger partial charge in [0, 0.05) is 17.5 Å². The molecule has 3 rings (SSSR count). The number of thiophene rings is 1. The lowest BCUT2D eigenvalue weighted by atomic mass is 10.1. The van der Waals surface area contributed by atoms with E-state index in [1.54, 1.807) is 10.6 Å². The molecule has 0 unspecified atom stereocenters. The first-order valence-electron chi connectivity index (χ1n) is 7.42. The maximum Gasteiger partial charge on any atom is 0.263 e. The molecule has 0 saturated carbocycles. The first-order valence-corrected chi connectivity index (χ1v) is 9.28. The molecule has 2 aromatic heterocycles. The lowest BCUT2D eigenvalue weighted by molar-refractivity contribution is 0.673. The van der Waals surface area contributed by atoms with Crippen molar-refractivity contribution >= 4 is 33.3 Å². The van der Waals surface area contributed by atoms with Gasteiger partial charge >= 0.3 is 0 Å². The Morgan fingerprint density at radius 2 is 2.17 bits per heavy atom. The molecule has 0 atom stereocenters. The summed E-state index contributed by atoms with van der Waals surface area (Å²) in [5.41, 5.74) is 3.10. The Morgan fingerprint density at radius 3 is 2.83 bits per heavy atom. The molecule has 1 aromatic carbocycles. The van der Waals surface area contributed by atoms with Crippen molar-refractivity contribution < 1.29 is 0 Å². The topological polar surface area (TPSA) is 34.9 Å². The molecule has 0 fully saturated rings. The van der Waals surface area contributed by atoms with Gasteiger partial charge in [-0.1, -0.05) is 53.6 Å². The highest BCUT2D eigenvalue weighted by atomic mass is 32.2. The quantitative estimate of drug-likeness (QED) is 0.296. The number of fused-ring (bicyclic) bond motifs is 1. The zero-order chi connectivity index (χ0) is 17.1. The summed E-state index contributed by atoms with van der Waals surface area (Å²) in [6.07, 6.45) is 7.04. The van der Waals surface area contributed by atoms with Gasteiger partial charge in [0.15, 0.2) is 5.16 Å². The van der Waals surface area contributed by atoms with Crippen LogP contribution in [0.5, 0.6) is 0 Å². The predicted molar refractivity (Wildman–Crippen MR) is 104 cm³/mol. The highest BCUT2D eigenvalue weighted by molar-refractivity contribution is 7.99. The summed E-state index contributed by atoms with van der Waals surface area (Å²) < 4.78 is 1.64. The number of thioether (sulfide) groups is 1. The molecule has 0 spiro atoms. The molecule has 0 aliphatic rings. The summed E-state index contributed by atoms with van der Waals surface area (Å²) in [5, 5.41) is 3.30. The smallest absolute Gasteiger partial charge is 0.263 e. The van der Waals surface area contributed by atoms with E-state index in [0.29, 0.717) is 22.8 Å². The molecule has 0 amide bonds. The van der Waals surface area contributed by atoms with E-state index in [0.717, 1.165) is 16.0 Å².